The highest BCUT2D eigenvalue weighted by Crippen LogP contribution is 2.20. The molecule has 8 heteroatoms. The monoisotopic (exact) mass is 318 g/mol. The second-order valence-corrected chi connectivity index (χ2v) is 5.02. The molecule has 0 aliphatic heterocycles. The van der Waals surface area contributed by atoms with Crippen LogP contribution in [0.2, 0.25) is 0 Å². The number of aryl methyl sites for hydroxylation is 1. The molecule has 2 aromatic rings. The van der Waals surface area contributed by atoms with Gasteiger partial charge in [-0.3, -0.25) is 0 Å². The third-order valence-corrected chi connectivity index (χ3v) is 3.18. The Kier molecular flexibility index (Phi) is 4.63. The van der Waals surface area contributed by atoms with Gasteiger partial charge in [-0.15, -0.1) is 0 Å². The predicted molar refractivity (Wildman–Crippen MR) is 83.1 cm³/mol. The topological polar surface area (TPSA) is 86.0 Å². The van der Waals surface area contributed by atoms with Crippen molar-refractivity contribution in [2.24, 2.45) is 0 Å². The molecule has 0 spiro atoms. The van der Waals surface area contributed by atoms with Crippen LogP contribution < -0.4 is 0 Å². The molecule has 0 bridgehead atoms. The highest BCUT2D eigenvalue weighted by molar-refractivity contribution is 5.98. The van der Waals surface area contributed by atoms with Gasteiger partial charge in [0.15, 0.2) is 5.65 Å². The van der Waals surface area contributed by atoms with Crippen molar-refractivity contribution in [1.29, 1.82) is 0 Å². The maximum atomic E-state index is 12.0. The minimum Gasteiger partial charge on any atom is -0.465 e. The first kappa shape index (κ1) is 16.5. The van der Waals surface area contributed by atoms with Gasteiger partial charge >= 0.3 is 11.9 Å². The molecule has 0 radical (unpaired) electrons. The van der Waals surface area contributed by atoms with Crippen molar-refractivity contribution < 1.29 is 19.1 Å². The van der Waals surface area contributed by atoms with Gasteiger partial charge in [-0.2, -0.15) is 5.10 Å². The molecule has 0 aromatic carbocycles. The lowest BCUT2D eigenvalue weighted by Gasteiger charge is -2.08. The van der Waals surface area contributed by atoms with E-state index in [1.807, 2.05) is 19.0 Å². The molecule has 0 amide bonds. The first-order valence-corrected chi connectivity index (χ1v) is 6.80. The van der Waals surface area contributed by atoms with E-state index < -0.39 is 11.9 Å². The van der Waals surface area contributed by atoms with Gasteiger partial charge in [0.05, 0.1) is 25.6 Å². The maximum absolute atomic E-state index is 12.0. The van der Waals surface area contributed by atoms with Crippen molar-refractivity contribution in [3.8, 4) is 0 Å². The molecule has 122 valence electrons. The van der Waals surface area contributed by atoms with Crippen molar-refractivity contribution in [2.75, 3.05) is 28.3 Å². The Hall–Kier alpha value is -2.90. The number of esters is 2. The number of carbonyl (C=O) groups excluding carboxylic acids is 2. The molecule has 0 saturated heterocycles. The molecular weight excluding hydrogens is 300 g/mol. The summed E-state index contributed by atoms with van der Waals surface area (Å²) in [6.07, 6.45) is 4.83. The Bertz CT molecular complexity index is 792. The number of nitrogens with zero attached hydrogens (tertiary/aromatic N) is 4. The fourth-order valence-electron chi connectivity index (χ4n) is 2.10. The van der Waals surface area contributed by atoms with Crippen molar-refractivity contribution in [1.82, 2.24) is 19.5 Å². The fraction of sp³-hybridized carbons (Fsp3) is 0.333. The zero-order chi connectivity index (χ0) is 17.1. The Labute approximate surface area is 133 Å². The smallest absolute Gasteiger partial charge is 0.343 e. The quantitative estimate of drug-likeness (QED) is 0.781. The van der Waals surface area contributed by atoms with Crippen molar-refractivity contribution >= 4 is 23.7 Å². The van der Waals surface area contributed by atoms with Crippen LogP contribution in [0, 0.1) is 6.92 Å². The van der Waals surface area contributed by atoms with E-state index in [4.69, 9.17) is 9.47 Å². The van der Waals surface area contributed by atoms with E-state index >= 15 is 0 Å². The van der Waals surface area contributed by atoms with Gasteiger partial charge in [0.25, 0.3) is 0 Å². The second kappa shape index (κ2) is 6.47. The van der Waals surface area contributed by atoms with Crippen LogP contribution in [-0.4, -0.2) is 59.8 Å². The van der Waals surface area contributed by atoms with Crippen LogP contribution in [-0.2, 0) is 9.47 Å². The molecule has 8 nitrogen and oxygen atoms in total. The summed E-state index contributed by atoms with van der Waals surface area (Å²) in [6, 6.07) is 0. The lowest BCUT2D eigenvalue weighted by molar-refractivity contribution is 0.0592. The average molecular weight is 318 g/mol. The van der Waals surface area contributed by atoms with Gasteiger partial charge in [0.1, 0.15) is 11.1 Å². The zero-order valence-electron chi connectivity index (χ0n) is 13.7. The summed E-state index contributed by atoms with van der Waals surface area (Å²) >= 11 is 0. The van der Waals surface area contributed by atoms with Gasteiger partial charge in [0, 0.05) is 26.5 Å². The molecule has 0 saturated carbocycles. The highest BCUT2D eigenvalue weighted by Gasteiger charge is 2.23. The second-order valence-electron chi connectivity index (χ2n) is 5.02. The Morgan fingerprint density at radius 2 is 1.87 bits per heavy atom. The number of methoxy groups -OCH3 is 2. The van der Waals surface area contributed by atoms with E-state index in [9.17, 15) is 9.59 Å². The SMILES string of the molecule is COC(=O)c1cnc2c(C(=O)OC)c(C)nn2c1C=CN(C)C. The largest absolute Gasteiger partial charge is 0.465 e. The number of hydrogen-bond acceptors (Lipinski definition) is 7. The third kappa shape index (κ3) is 3.01. The summed E-state index contributed by atoms with van der Waals surface area (Å²) in [7, 11) is 6.28. The van der Waals surface area contributed by atoms with E-state index in [-0.39, 0.29) is 11.1 Å². The van der Waals surface area contributed by atoms with E-state index in [0.29, 0.717) is 17.0 Å². The number of carbonyl (C=O) groups is 2. The molecule has 0 unspecified atom stereocenters. The highest BCUT2D eigenvalue weighted by atomic mass is 16.5. The molecule has 2 heterocycles. The zero-order valence-corrected chi connectivity index (χ0v) is 13.7. The Morgan fingerprint density at radius 3 is 2.43 bits per heavy atom. The number of fused-ring (bicyclic) bond motifs is 1. The van der Waals surface area contributed by atoms with E-state index in [2.05, 4.69) is 10.1 Å². The summed E-state index contributed by atoms with van der Waals surface area (Å²) in [5, 5.41) is 4.31. The van der Waals surface area contributed by atoms with Gasteiger partial charge < -0.3 is 14.4 Å². The molecule has 2 rings (SSSR count). The molecule has 0 aliphatic rings. The lowest BCUT2D eigenvalue weighted by atomic mass is 10.2. The van der Waals surface area contributed by atoms with Gasteiger partial charge in [0.2, 0.25) is 0 Å². The standard InChI is InChI=1S/C15H18N4O4/c1-9-12(15(21)23-5)13-16-8-10(14(20)22-4)11(19(13)17-9)6-7-18(2)3/h6-8H,1-5H3. The summed E-state index contributed by atoms with van der Waals surface area (Å²) in [5.41, 5.74) is 1.76. The number of ether oxygens (including phenoxy) is 2. The first-order valence-electron chi connectivity index (χ1n) is 6.80. The Balaban J connectivity index is 2.79. The van der Waals surface area contributed by atoms with E-state index in [0.717, 1.165) is 0 Å². The van der Waals surface area contributed by atoms with Gasteiger partial charge in [-0.05, 0) is 13.0 Å². The summed E-state index contributed by atoms with van der Waals surface area (Å²) in [4.78, 5) is 29.9. The number of hydrogen-bond donors (Lipinski definition) is 0. The fourth-order valence-corrected chi connectivity index (χ4v) is 2.10. The van der Waals surface area contributed by atoms with Crippen LogP contribution >= 0.6 is 0 Å². The van der Waals surface area contributed by atoms with Gasteiger partial charge in [-0.1, -0.05) is 0 Å². The van der Waals surface area contributed by atoms with Crippen LogP contribution in [0.3, 0.4) is 0 Å². The van der Waals surface area contributed by atoms with Gasteiger partial charge in [-0.25, -0.2) is 19.1 Å². The van der Waals surface area contributed by atoms with Crippen LogP contribution in [0.1, 0.15) is 32.1 Å². The molecule has 0 fully saturated rings. The predicted octanol–water partition coefficient (Wildman–Crippen LogP) is 1.14. The normalized spacial score (nSPS) is 11.0. The van der Waals surface area contributed by atoms with Crippen LogP contribution in [0.5, 0.6) is 0 Å². The van der Waals surface area contributed by atoms with Crippen molar-refractivity contribution in [3.63, 3.8) is 0 Å². The summed E-state index contributed by atoms with van der Waals surface area (Å²) in [5.74, 6) is -1.07. The third-order valence-electron chi connectivity index (χ3n) is 3.18. The van der Waals surface area contributed by atoms with E-state index in [1.165, 1.54) is 24.9 Å². The molecule has 23 heavy (non-hydrogen) atoms. The molecule has 0 atom stereocenters. The number of rotatable bonds is 4. The van der Waals surface area contributed by atoms with Crippen LogP contribution in [0.25, 0.3) is 11.7 Å². The molecule has 0 N–H and O–H groups in total. The average Bonchev–Trinajstić information content (AvgIpc) is 2.86. The summed E-state index contributed by atoms with van der Waals surface area (Å²) in [6.45, 7) is 1.68. The first-order chi connectivity index (χ1) is 10.9. The minimum absolute atomic E-state index is 0.247. The van der Waals surface area contributed by atoms with Crippen molar-refractivity contribution in [3.05, 3.63) is 34.9 Å². The van der Waals surface area contributed by atoms with Crippen molar-refractivity contribution in [2.45, 2.75) is 6.92 Å². The minimum atomic E-state index is -0.537. The molecule has 0 aliphatic carbocycles. The molecular formula is C15H18N4O4. The van der Waals surface area contributed by atoms with E-state index in [1.54, 1.807) is 19.2 Å². The lowest BCUT2D eigenvalue weighted by Crippen LogP contribution is -2.11. The maximum Gasteiger partial charge on any atom is 0.343 e. The number of aromatic nitrogens is 3. The van der Waals surface area contributed by atoms with Crippen LogP contribution in [0.15, 0.2) is 12.4 Å². The summed E-state index contributed by atoms with van der Waals surface area (Å²) < 4.78 is 11.0. The van der Waals surface area contributed by atoms with Crippen LogP contribution in [0.4, 0.5) is 0 Å². The molecule has 2 aromatic heterocycles. The Morgan fingerprint density at radius 1 is 1.22 bits per heavy atom.